The van der Waals surface area contributed by atoms with Crippen LogP contribution in [-0.2, 0) is 6.18 Å². The third-order valence-electron chi connectivity index (χ3n) is 5.44. The first-order chi connectivity index (χ1) is 16.8. The smallest absolute Gasteiger partial charge is 0.416 e. The minimum absolute atomic E-state index is 0.120. The van der Waals surface area contributed by atoms with Crippen LogP contribution in [0.5, 0.6) is 5.75 Å². The molecule has 0 fully saturated rings. The number of thiazole rings is 1. The average Bonchev–Trinajstić information content (AvgIpc) is 3.33. The fourth-order valence-electron chi connectivity index (χ4n) is 3.64. The first kappa shape index (κ1) is 22.9. The van der Waals surface area contributed by atoms with E-state index in [2.05, 4.69) is 4.99 Å². The highest BCUT2D eigenvalue weighted by atomic mass is 32.1. The second kappa shape index (κ2) is 9.03. The topological polar surface area (TPSA) is 47.6 Å². The number of rotatable bonds is 4. The Hall–Kier alpha value is -3.91. The number of ether oxygens (including phenoxy) is 1. The van der Waals surface area contributed by atoms with Crippen LogP contribution in [0.2, 0.25) is 0 Å². The van der Waals surface area contributed by atoms with Crippen molar-refractivity contribution in [2.75, 3.05) is 7.11 Å². The highest BCUT2D eigenvalue weighted by molar-refractivity contribution is 7.13. The van der Waals surface area contributed by atoms with E-state index in [1.807, 2.05) is 54.8 Å². The van der Waals surface area contributed by atoms with Crippen LogP contribution in [0.4, 0.5) is 18.9 Å². The summed E-state index contributed by atoms with van der Waals surface area (Å²) >= 11 is 1.41. The maximum atomic E-state index is 13.3. The number of nitrogens with zero attached hydrogens (tertiary/aromatic N) is 2. The van der Waals surface area contributed by atoms with Gasteiger partial charge in [-0.05, 0) is 37.3 Å². The highest BCUT2D eigenvalue weighted by Crippen LogP contribution is 2.33. The van der Waals surface area contributed by atoms with E-state index in [4.69, 9.17) is 14.1 Å². The quantitative estimate of drug-likeness (QED) is 0.257. The van der Waals surface area contributed by atoms with Crippen molar-refractivity contribution in [3.8, 4) is 27.6 Å². The molecule has 0 aliphatic rings. The Morgan fingerprint density at radius 3 is 2.49 bits per heavy atom. The van der Waals surface area contributed by atoms with Gasteiger partial charge in [-0.3, -0.25) is 0 Å². The molecule has 0 bridgehead atoms. The van der Waals surface area contributed by atoms with Crippen LogP contribution in [0.1, 0.15) is 11.1 Å². The lowest BCUT2D eigenvalue weighted by Crippen LogP contribution is -2.07. The van der Waals surface area contributed by atoms with Crippen LogP contribution in [0.25, 0.3) is 32.8 Å². The minimum Gasteiger partial charge on any atom is -0.493 e. The van der Waals surface area contributed by atoms with Crippen molar-refractivity contribution in [1.29, 1.82) is 0 Å². The standard InChI is InChI=1S/C27H19F3N2O2S/c1-16-9-11-17(12-10-16)22-15-35-26(32-22)21-13-18-5-3-8-23(33-2)24(18)34-25(21)31-20-7-4-6-19(14-20)27(28,29)30/h3-15H,1-2H3. The molecule has 176 valence electrons. The number of aromatic nitrogens is 1. The van der Waals surface area contributed by atoms with Gasteiger partial charge in [0.1, 0.15) is 5.01 Å². The summed E-state index contributed by atoms with van der Waals surface area (Å²) < 4.78 is 51.3. The lowest BCUT2D eigenvalue weighted by molar-refractivity contribution is -0.137. The van der Waals surface area contributed by atoms with Gasteiger partial charge in [0.25, 0.3) is 0 Å². The summed E-state index contributed by atoms with van der Waals surface area (Å²) in [5.41, 5.74) is 3.41. The number of aryl methyl sites for hydroxylation is 1. The van der Waals surface area contributed by atoms with E-state index in [1.165, 1.54) is 30.6 Å². The van der Waals surface area contributed by atoms with Crippen LogP contribution < -0.4 is 10.3 Å². The van der Waals surface area contributed by atoms with E-state index in [0.717, 1.165) is 34.3 Å². The minimum atomic E-state index is -4.48. The third kappa shape index (κ3) is 4.70. The number of hydrogen-bond donors (Lipinski definition) is 0. The van der Waals surface area contributed by atoms with Crippen molar-refractivity contribution >= 4 is 28.0 Å². The molecular formula is C27H19F3N2O2S. The fraction of sp³-hybridized carbons (Fsp3) is 0.111. The van der Waals surface area contributed by atoms with E-state index < -0.39 is 11.7 Å². The molecule has 5 rings (SSSR count). The summed E-state index contributed by atoms with van der Waals surface area (Å²) in [6, 6.07) is 20.2. The molecule has 0 radical (unpaired) electrons. The normalized spacial score (nSPS) is 12.3. The van der Waals surface area contributed by atoms with E-state index in [-0.39, 0.29) is 11.2 Å². The third-order valence-corrected chi connectivity index (χ3v) is 6.32. The van der Waals surface area contributed by atoms with E-state index >= 15 is 0 Å². The first-order valence-corrected chi connectivity index (χ1v) is 11.6. The molecule has 2 heterocycles. The van der Waals surface area contributed by atoms with Crippen molar-refractivity contribution in [2.45, 2.75) is 13.1 Å². The van der Waals surface area contributed by atoms with Crippen molar-refractivity contribution in [1.82, 2.24) is 4.98 Å². The average molecular weight is 493 g/mol. The maximum Gasteiger partial charge on any atom is 0.416 e. The van der Waals surface area contributed by atoms with Crippen LogP contribution in [0, 0.1) is 6.92 Å². The van der Waals surface area contributed by atoms with Gasteiger partial charge in [-0.1, -0.05) is 48.0 Å². The number of halogens is 3. The molecule has 0 atom stereocenters. The number of benzene rings is 3. The van der Waals surface area contributed by atoms with Gasteiger partial charge in [-0.2, -0.15) is 13.2 Å². The van der Waals surface area contributed by atoms with Gasteiger partial charge in [0.05, 0.1) is 29.6 Å². The lowest BCUT2D eigenvalue weighted by atomic mass is 10.1. The number of methoxy groups -OCH3 is 1. The zero-order valence-corrected chi connectivity index (χ0v) is 19.6. The largest absolute Gasteiger partial charge is 0.493 e. The molecule has 3 aromatic carbocycles. The molecule has 4 nitrogen and oxygen atoms in total. The van der Waals surface area contributed by atoms with Crippen molar-refractivity contribution in [2.24, 2.45) is 4.99 Å². The van der Waals surface area contributed by atoms with Gasteiger partial charge in [-0.15, -0.1) is 11.3 Å². The molecule has 0 aliphatic carbocycles. The van der Waals surface area contributed by atoms with Crippen LogP contribution in [0.3, 0.4) is 0 Å². The summed E-state index contributed by atoms with van der Waals surface area (Å²) in [5, 5.41) is 3.33. The van der Waals surface area contributed by atoms with Gasteiger partial charge < -0.3 is 9.15 Å². The number of hydrogen-bond acceptors (Lipinski definition) is 5. The number of para-hydroxylation sites is 1. The molecule has 0 spiro atoms. The Bertz CT molecular complexity index is 1590. The Morgan fingerprint density at radius 2 is 1.74 bits per heavy atom. The summed E-state index contributed by atoms with van der Waals surface area (Å²) in [6.45, 7) is 2.02. The van der Waals surface area contributed by atoms with Crippen molar-refractivity contribution in [3.63, 3.8) is 0 Å². The SMILES string of the molecule is COc1cccc2cc(-c3nc(-c4ccc(C)cc4)cs3)c(=Nc3cccc(C(F)(F)F)c3)oc12. The van der Waals surface area contributed by atoms with Gasteiger partial charge >= 0.3 is 6.18 Å². The van der Waals surface area contributed by atoms with E-state index in [1.54, 1.807) is 6.07 Å². The first-order valence-electron chi connectivity index (χ1n) is 10.7. The molecule has 35 heavy (non-hydrogen) atoms. The summed E-state index contributed by atoms with van der Waals surface area (Å²) in [5.74, 6) is 0.494. The van der Waals surface area contributed by atoms with Gasteiger partial charge in [0.15, 0.2) is 11.3 Å². The Kier molecular flexibility index (Phi) is 5.90. The molecule has 0 aliphatic heterocycles. The molecule has 0 saturated heterocycles. The number of fused-ring (bicyclic) bond motifs is 1. The summed E-state index contributed by atoms with van der Waals surface area (Å²) in [6.07, 6.45) is -4.48. The zero-order chi connectivity index (χ0) is 24.6. The van der Waals surface area contributed by atoms with Gasteiger partial charge in [-0.25, -0.2) is 9.98 Å². The second-order valence-corrected chi connectivity index (χ2v) is 8.77. The predicted molar refractivity (Wildman–Crippen MR) is 131 cm³/mol. The van der Waals surface area contributed by atoms with Crippen molar-refractivity contribution in [3.05, 3.63) is 94.9 Å². The molecule has 2 aromatic heterocycles. The Labute approximate surface area is 203 Å². The van der Waals surface area contributed by atoms with Gasteiger partial charge in [0, 0.05) is 16.3 Å². The van der Waals surface area contributed by atoms with Crippen molar-refractivity contribution < 1.29 is 22.3 Å². The second-order valence-electron chi connectivity index (χ2n) is 7.91. The van der Waals surface area contributed by atoms with Crippen LogP contribution in [0.15, 0.2) is 87.6 Å². The molecule has 0 N–H and O–H groups in total. The highest BCUT2D eigenvalue weighted by Gasteiger charge is 2.30. The summed E-state index contributed by atoms with van der Waals surface area (Å²) in [4.78, 5) is 9.23. The fourth-order valence-corrected chi connectivity index (χ4v) is 4.48. The van der Waals surface area contributed by atoms with E-state index in [0.29, 0.717) is 21.9 Å². The molecule has 8 heteroatoms. The Balaban J connectivity index is 1.71. The number of alkyl halides is 3. The molecule has 0 amide bonds. The molecule has 5 aromatic rings. The molecule has 0 unspecified atom stereocenters. The van der Waals surface area contributed by atoms with Gasteiger partial charge in [0.2, 0.25) is 5.55 Å². The van der Waals surface area contributed by atoms with Crippen LogP contribution >= 0.6 is 11.3 Å². The molecular weight excluding hydrogens is 473 g/mol. The van der Waals surface area contributed by atoms with Crippen LogP contribution in [-0.4, -0.2) is 12.1 Å². The molecule has 0 saturated carbocycles. The zero-order valence-electron chi connectivity index (χ0n) is 18.8. The van der Waals surface area contributed by atoms with E-state index in [9.17, 15) is 13.2 Å². The summed E-state index contributed by atoms with van der Waals surface area (Å²) in [7, 11) is 1.52. The lowest BCUT2D eigenvalue weighted by Gasteiger charge is -2.08. The maximum absolute atomic E-state index is 13.3. The monoisotopic (exact) mass is 492 g/mol. The Morgan fingerprint density at radius 1 is 0.971 bits per heavy atom. The predicted octanol–water partition coefficient (Wildman–Crippen LogP) is 7.79.